The second-order valence-electron chi connectivity index (χ2n) is 6.15. The van der Waals surface area contributed by atoms with Crippen molar-refractivity contribution in [2.24, 2.45) is 0 Å². The van der Waals surface area contributed by atoms with Gasteiger partial charge >= 0.3 is 22.9 Å². The zero-order valence-electron chi connectivity index (χ0n) is 15.3. The molecule has 0 bridgehead atoms. The van der Waals surface area contributed by atoms with Crippen LogP contribution in [0.25, 0.3) is 12.2 Å². The third-order valence-corrected chi connectivity index (χ3v) is 4.03. The number of aromatic carboxylic acids is 1. The van der Waals surface area contributed by atoms with E-state index in [-0.39, 0.29) is 11.3 Å². The molecule has 0 saturated carbocycles. The third-order valence-electron chi connectivity index (χ3n) is 4.03. The Balaban J connectivity index is 0.000000426. The second-order valence-corrected chi connectivity index (χ2v) is 6.15. The largest absolute Gasteiger partial charge is 0.507 e. The number of aromatic amines is 2. The number of nitro groups is 1. The van der Waals surface area contributed by atoms with Gasteiger partial charge < -0.3 is 20.5 Å². The lowest BCUT2D eigenvalue weighted by molar-refractivity contribution is -0.386. The van der Waals surface area contributed by atoms with Crippen LogP contribution in [0.2, 0.25) is 0 Å². The first-order chi connectivity index (χ1) is 13.8. The maximum absolute atomic E-state index is 11.4. The van der Waals surface area contributed by atoms with Crippen LogP contribution in [-0.4, -0.2) is 44.2 Å². The van der Waals surface area contributed by atoms with Crippen molar-refractivity contribution < 1.29 is 19.9 Å². The van der Waals surface area contributed by atoms with Crippen molar-refractivity contribution in [2.75, 3.05) is 13.1 Å². The normalized spacial score (nSPS) is 13.5. The van der Waals surface area contributed by atoms with Crippen LogP contribution in [0.15, 0.2) is 27.8 Å². The Kier molecular flexibility index (Phi) is 7.43. The molecule has 1 aliphatic heterocycles. The van der Waals surface area contributed by atoms with Gasteiger partial charge in [-0.25, -0.2) is 9.59 Å². The summed E-state index contributed by atoms with van der Waals surface area (Å²) in [5.41, 5.74) is -3.23. The summed E-state index contributed by atoms with van der Waals surface area (Å²) in [6, 6.07) is 3.61. The van der Waals surface area contributed by atoms with E-state index >= 15 is 0 Å². The van der Waals surface area contributed by atoms with Crippen LogP contribution in [0.3, 0.4) is 0 Å². The lowest BCUT2D eigenvalue weighted by atomic mass is 10.1. The summed E-state index contributed by atoms with van der Waals surface area (Å²) >= 11 is 0. The molecule has 0 radical (unpaired) electrons. The number of benzene rings is 1. The van der Waals surface area contributed by atoms with Crippen molar-refractivity contribution in [1.82, 2.24) is 15.3 Å². The number of hydrogen-bond acceptors (Lipinski definition) is 7. The maximum atomic E-state index is 11.4. The van der Waals surface area contributed by atoms with Gasteiger partial charge in [-0.05, 0) is 49.7 Å². The Morgan fingerprint density at radius 3 is 2.28 bits per heavy atom. The number of carboxylic acids is 1. The minimum Gasteiger partial charge on any atom is -0.507 e. The number of rotatable bonds is 4. The predicted octanol–water partition coefficient (Wildman–Crippen LogP) is 1.31. The van der Waals surface area contributed by atoms with Crippen molar-refractivity contribution in [3.8, 4) is 5.75 Å². The van der Waals surface area contributed by atoms with E-state index in [1.54, 1.807) is 4.98 Å². The molecule has 1 aromatic carbocycles. The van der Waals surface area contributed by atoms with Gasteiger partial charge in [-0.15, -0.1) is 0 Å². The van der Waals surface area contributed by atoms with Crippen LogP contribution in [-0.2, 0) is 0 Å². The molecule has 0 spiro atoms. The zero-order chi connectivity index (χ0) is 21.4. The second kappa shape index (κ2) is 9.99. The number of carbonyl (C=O) groups is 1. The molecule has 1 fully saturated rings. The van der Waals surface area contributed by atoms with Gasteiger partial charge in [0.15, 0.2) is 0 Å². The van der Waals surface area contributed by atoms with Crippen molar-refractivity contribution in [3.05, 3.63) is 66.0 Å². The van der Waals surface area contributed by atoms with Gasteiger partial charge in [-0.2, -0.15) is 0 Å². The molecule has 29 heavy (non-hydrogen) atoms. The Bertz CT molecular complexity index is 1020. The van der Waals surface area contributed by atoms with E-state index < -0.39 is 33.6 Å². The van der Waals surface area contributed by atoms with Crippen LogP contribution in [0, 0.1) is 10.1 Å². The molecule has 11 heteroatoms. The number of aromatic hydroxyl groups is 1. The van der Waals surface area contributed by atoms with Gasteiger partial charge in [-0.1, -0.05) is 18.6 Å². The van der Waals surface area contributed by atoms with Gasteiger partial charge in [0.2, 0.25) is 0 Å². The van der Waals surface area contributed by atoms with E-state index in [2.05, 4.69) is 10.3 Å². The highest BCUT2D eigenvalue weighted by atomic mass is 16.6. The highest BCUT2D eigenvalue weighted by molar-refractivity contribution is 5.91. The fourth-order valence-corrected chi connectivity index (χ4v) is 2.61. The number of hydrogen-bond donors (Lipinski definition) is 5. The lowest BCUT2D eigenvalue weighted by Crippen LogP contribution is -2.25. The first-order valence-electron chi connectivity index (χ1n) is 8.75. The summed E-state index contributed by atoms with van der Waals surface area (Å²) in [5, 5.41) is 32.5. The standard InChI is InChI=1S/C13H9N3O7.C5H11N/c17-9-5-6(1-3-7(9)12(19)20)2-4-8-10(16(22)23)11(18)15-13(21)14-8;1-2-4-6-5-3-1/h1-5,17H,(H,19,20)(H2,14,15,18,21);6H,1-5H2/b4-2+;. The van der Waals surface area contributed by atoms with Gasteiger partial charge in [0.05, 0.1) is 4.92 Å². The predicted molar refractivity (Wildman–Crippen MR) is 105 cm³/mol. The van der Waals surface area contributed by atoms with Crippen LogP contribution in [0.5, 0.6) is 5.75 Å². The van der Waals surface area contributed by atoms with Crippen LogP contribution < -0.4 is 16.6 Å². The van der Waals surface area contributed by atoms with Crippen molar-refractivity contribution in [3.63, 3.8) is 0 Å². The third kappa shape index (κ3) is 6.14. The first kappa shape index (κ1) is 21.6. The smallest absolute Gasteiger partial charge is 0.357 e. The minimum atomic E-state index is -1.31. The van der Waals surface area contributed by atoms with Crippen molar-refractivity contribution >= 4 is 23.8 Å². The highest BCUT2D eigenvalue weighted by Gasteiger charge is 2.18. The van der Waals surface area contributed by atoms with Gasteiger partial charge in [-0.3, -0.25) is 19.9 Å². The summed E-state index contributed by atoms with van der Waals surface area (Å²) < 4.78 is 0. The number of aromatic nitrogens is 2. The van der Waals surface area contributed by atoms with Gasteiger partial charge in [0, 0.05) is 0 Å². The average Bonchev–Trinajstić information content (AvgIpc) is 2.67. The number of nitrogens with zero attached hydrogens (tertiary/aromatic N) is 1. The molecule has 2 heterocycles. The van der Waals surface area contributed by atoms with Gasteiger partial charge in [0.25, 0.3) is 0 Å². The number of carboxylic acid groups (broad SMARTS) is 1. The summed E-state index contributed by atoms with van der Waals surface area (Å²) in [6.07, 6.45) is 6.58. The Hall–Kier alpha value is -3.73. The molecule has 1 aromatic heterocycles. The summed E-state index contributed by atoms with van der Waals surface area (Å²) in [6.45, 7) is 2.50. The van der Waals surface area contributed by atoms with Crippen molar-refractivity contribution in [1.29, 1.82) is 0 Å². The number of phenols is 1. The van der Waals surface area contributed by atoms with E-state index in [1.165, 1.54) is 44.5 Å². The number of H-pyrrole nitrogens is 2. The summed E-state index contributed by atoms with van der Waals surface area (Å²) in [7, 11) is 0. The zero-order valence-corrected chi connectivity index (χ0v) is 15.3. The van der Waals surface area contributed by atoms with Crippen LogP contribution >= 0.6 is 0 Å². The first-order valence-corrected chi connectivity index (χ1v) is 8.75. The highest BCUT2D eigenvalue weighted by Crippen LogP contribution is 2.20. The Labute approximate surface area is 163 Å². The molecule has 5 N–H and O–H groups in total. The van der Waals surface area contributed by atoms with E-state index in [0.717, 1.165) is 18.2 Å². The molecular formula is C18H20N4O7. The molecule has 11 nitrogen and oxygen atoms in total. The molecule has 0 atom stereocenters. The monoisotopic (exact) mass is 404 g/mol. The minimum absolute atomic E-state index is 0.308. The Morgan fingerprint density at radius 2 is 1.79 bits per heavy atom. The van der Waals surface area contributed by atoms with E-state index in [4.69, 9.17) is 5.11 Å². The maximum Gasteiger partial charge on any atom is 0.357 e. The molecule has 0 unspecified atom stereocenters. The van der Waals surface area contributed by atoms with E-state index in [9.17, 15) is 29.6 Å². The molecular weight excluding hydrogens is 384 g/mol. The quantitative estimate of drug-likeness (QED) is 0.374. The molecule has 0 aliphatic carbocycles. The molecule has 3 rings (SSSR count). The Morgan fingerprint density at radius 1 is 1.10 bits per heavy atom. The molecule has 154 valence electrons. The molecule has 1 saturated heterocycles. The molecule has 1 aliphatic rings. The lowest BCUT2D eigenvalue weighted by Gasteiger charge is -2.08. The topological polar surface area (TPSA) is 178 Å². The van der Waals surface area contributed by atoms with E-state index in [1.807, 2.05) is 0 Å². The van der Waals surface area contributed by atoms with Crippen LogP contribution in [0.1, 0.15) is 40.9 Å². The van der Waals surface area contributed by atoms with Crippen molar-refractivity contribution in [2.45, 2.75) is 19.3 Å². The molecule has 0 amide bonds. The van der Waals surface area contributed by atoms with E-state index in [0.29, 0.717) is 5.56 Å². The fourth-order valence-electron chi connectivity index (χ4n) is 2.61. The summed E-state index contributed by atoms with van der Waals surface area (Å²) in [4.78, 5) is 47.2. The van der Waals surface area contributed by atoms with Gasteiger partial charge in [0.1, 0.15) is 17.0 Å². The number of piperidine rings is 1. The SMILES string of the molecule is C1CCNCC1.O=C(O)c1ccc(/C=C/c2[nH]c(=O)[nH]c(=O)c2[N+](=O)[O-])cc1O. The summed E-state index contributed by atoms with van der Waals surface area (Å²) in [5.74, 6) is -1.80. The number of nitrogens with one attached hydrogen (secondary N) is 3. The van der Waals surface area contributed by atoms with Crippen LogP contribution in [0.4, 0.5) is 5.69 Å². The average molecular weight is 404 g/mol. The molecule has 2 aromatic rings. The fraction of sp³-hybridized carbons (Fsp3) is 0.278.